The van der Waals surface area contributed by atoms with Crippen molar-refractivity contribution in [3.63, 3.8) is 0 Å². The van der Waals surface area contributed by atoms with Crippen molar-refractivity contribution in [3.8, 4) is 11.1 Å². The summed E-state index contributed by atoms with van der Waals surface area (Å²) in [6, 6.07) is 16.4. The van der Waals surface area contributed by atoms with Crippen molar-refractivity contribution in [2.75, 3.05) is 19.7 Å². The van der Waals surface area contributed by atoms with Crippen LogP contribution >= 0.6 is 0 Å². The largest absolute Gasteiger partial charge is 0.481 e. The van der Waals surface area contributed by atoms with E-state index in [0.29, 0.717) is 19.5 Å². The summed E-state index contributed by atoms with van der Waals surface area (Å²) in [6.07, 6.45) is 2.78. The molecule has 0 bridgehead atoms. The topological polar surface area (TPSA) is 95.9 Å². The predicted molar refractivity (Wildman–Crippen MR) is 126 cm³/mol. The number of amides is 2. The van der Waals surface area contributed by atoms with Crippen LogP contribution in [0.3, 0.4) is 0 Å². The fraction of sp³-hybridized carbons (Fsp3) is 0.444. The Labute approximate surface area is 199 Å². The second-order valence-electron chi connectivity index (χ2n) is 9.74. The number of nitrogens with one attached hydrogen (secondary N) is 1. The minimum atomic E-state index is -0.817. The number of carboxylic acids is 1. The highest BCUT2D eigenvalue weighted by Crippen LogP contribution is 2.44. The van der Waals surface area contributed by atoms with Crippen molar-refractivity contribution in [2.45, 2.75) is 44.1 Å². The van der Waals surface area contributed by atoms with Gasteiger partial charge in [-0.2, -0.15) is 0 Å². The molecule has 0 unspecified atom stereocenters. The lowest BCUT2D eigenvalue weighted by atomic mass is 9.83. The molecule has 0 aromatic heterocycles. The van der Waals surface area contributed by atoms with E-state index in [1.807, 2.05) is 24.3 Å². The Morgan fingerprint density at radius 2 is 1.62 bits per heavy atom. The van der Waals surface area contributed by atoms with Crippen molar-refractivity contribution in [1.82, 2.24) is 10.2 Å². The maximum absolute atomic E-state index is 12.8. The van der Waals surface area contributed by atoms with E-state index in [1.54, 1.807) is 4.90 Å². The number of likely N-dealkylation sites (tertiary alicyclic amines) is 1. The average molecular weight is 463 g/mol. The summed E-state index contributed by atoms with van der Waals surface area (Å²) in [5.41, 5.74) is 4.74. The van der Waals surface area contributed by atoms with Gasteiger partial charge in [-0.05, 0) is 41.5 Å². The van der Waals surface area contributed by atoms with Gasteiger partial charge in [0.2, 0.25) is 5.91 Å². The lowest BCUT2D eigenvalue weighted by Gasteiger charge is -2.42. The van der Waals surface area contributed by atoms with Crippen molar-refractivity contribution in [1.29, 1.82) is 0 Å². The number of carbonyl (C=O) groups excluding carboxylic acids is 2. The molecular formula is C27H30N2O5. The van der Waals surface area contributed by atoms with Gasteiger partial charge in [0.1, 0.15) is 6.61 Å². The van der Waals surface area contributed by atoms with Crippen LogP contribution in [0.5, 0.6) is 0 Å². The summed E-state index contributed by atoms with van der Waals surface area (Å²) in [4.78, 5) is 38.0. The summed E-state index contributed by atoms with van der Waals surface area (Å²) in [7, 11) is 0. The molecule has 1 saturated heterocycles. The van der Waals surface area contributed by atoms with Crippen LogP contribution in [0.1, 0.15) is 49.1 Å². The van der Waals surface area contributed by atoms with Crippen LogP contribution in [0.25, 0.3) is 11.1 Å². The van der Waals surface area contributed by atoms with Crippen LogP contribution < -0.4 is 5.32 Å². The van der Waals surface area contributed by atoms with Crippen LogP contribution in [0.15, 0.2) is 48.5 Å². The smallest absolute Gasteiger partial charge is 0.407 e. The minimum absolute atomic E-state index is 0.0176. The molecule has 3 aliphatic rings. The third kappa shape index (κ3) is 4.52. The summed E-state index contributed by atoms with van der Waals surface area (Å²) < 4.78 is 5.67. The highest BCUT2D eigenvalue weighted by atomic mass is 16.5. The van der Waals surface area contributed by atoms with Crippen LogP contribution in [-0.4, -0.2) is 53.7 Å². The fourth-order valence-electron chi connectivity index (χ4n) is 5.74. The van der Waals surface area contributed by atoms with Gasteiger partial charge in [0.25, 0.3) is 0 Å². The predicted octanol–water partition coefficient (Wildman–Crippen LogP) is 4.02. The van der Waals surface area contributed by atoms with Gasteiger partial charge in [0.15, 0.2) is 0 Å². The Balaban J connectivity index is 1.13. The zero-order chi connectivity index (χ0) is 23.7. The molecule has 34 heavy (non-hydrogen) atoms. The molecule has 5 rings (SSSR count). The third-order valence-electron chi connectivity index (χ3n) is 7.42. The number of aliphatic carboxylic acids is 1. The van der Waals surface area contributed by atoms with Gasteiger partial charge in [-0.1, -0.05) is 55.0 Å². The van der Waals surface area contributed by atoms with E-state index in [-0.39, 0.29) is 42.7 Å². The fourth-order valence-corrected chi connectivity index (χ4v) is 5.74. The van der Waals surface area contributed by atoms with Gasteiger partial charge in [0, 0.05) is 36.9 Å². The molecule has 1 saturated carbocycles. The summed E-state index contributed by atoms with van der Waals surface area (Å²) in [5.74, 6) is -0.787. The normalized spacial score (nSPS) is 21.8. The number of alkyl carbamates (subject to hydrolysis) is 1. The first kappa shape index (κ1) is 22.4. The Morgan fingerprint density at radius 1 is 0.971 bits per heavy atom. The number of fused-ring (bicyclic) bond motifs is 3. The van der Waals surface area contributed by atoms with E-state index in [2.05, 4.69) is 29.6 Å². The molecule has 0 radical (unpaired) electrons. The summed E-state index contributed by atoms with van der Waals surface area (Å²) >= 11 is 0. The van der Waals surface area contributed by atoms with Crippen LogP contribution in [-0.2, 0) is 14.3 Å². The number of hydrogen-bond donors (Lipinski definition) is 2. The van der Waals surface area contributed by atoms with Gasteiger partial charge in [-0.25, -0.2) is 4.79 Å². The van der Waals surface area contributed by atoms with Crippen molar-refractivity contribution < 1.29 is 24.2 Å². The molecule has 1 aliphatic heterocycles. The molecule has 2 aromatic rings. The molecule has 2 amide bonds. The highest BCUT2D eigenvalue weighted by molar-refractivity contribution is 5.81. The Kier molecular flexibility index (Phi) is 6.26. The van der Waals surface area contributed by atoms with Gasteiger partial charge in [-0.15, -0.1) is 0 Å². The zero-order valence-corrected chi connectivity index (χ0v) is 19.1. The number of hydrogen-bond acceptors (Lipinski definition) is 4. The average Bonchev–Trinajstić information content (AvgIpc) is 3.13. The minimum Gasteiger partial charge on any atom is -0.481 e. The van der Waals surface area contributed by atoms with Crippen LogP contribution in [0.2, 0.25) is 0 Å². The van der Waals surface area contributed by atoms with Gasteiger partial charge in [-0.3, -0.25) is 9.59 Å². The van der Waals surface area contributed by atoms with E-state index in [0.717, 1.165) is 19.3 Å². The van der Waals surface area contributed by atoms with E-state index >= 15 is 0 Å². The molecule has 2 fully saturated rings. The van der Waals surface area contributed by atoms with E-state index in [4.69, 9.17) is 9.84 Å². The SMILES string of the molecule is O=C(O)CC1CN(C(=O)[C@H]2CCC[C@@H](NC(=O)OCC3c4ccccc4-c4ccccc43)C2)C1. The number of carbonyl (C=O) groups is 3. The third-order valence-corrected chi connectivity index (χ3v) is 7.42. The highest BCUT2D eigenvalue weighted by Gasteiger charge is 2.37. The molecule has 2 aromatic carbocycles. The van der Waals surface area contributed by atoms with E-state index in [1.165, 1.54) is 22.3 Å². The quantitative estimate of drug-likeness (QED) is 0.676. The molecule has 2 N–H and O–H groups in total. The molecular weight excluding hydrogens is 432 g/mol. The number of carboxylic acid groups (broad SMARTS) is 1. The van der Waals surface area contributed by atoms with E-state index in [9.17, 15) is 14.4 Å². The van der Waals surface area contributed by atoms with Crippen molar-refractivity contribution >= 4 is 18.0 Å². The first-order chi connectivity index (χ1) is 16.5. The Hall–Kier alpha value is -3.35. The number of benzene rings is 2. The molecule has 7 heteroatoms. The number of rotatable bonds is 6. The maximum atomic E-state index is 12.8. The van der Waals surface area contributed by atoms with Gasteiger partial charge in [0.05, 0.1) is 6.42 Å². The van der Waals surface area contributed by atoms with Gasteiger partial charge >= 0.3 is 12.1 Å². The second-order valence-corrected chi connectivity index (χ2v) is 9.74. The standard InChI is InChI=1S/C27H30N2O5/c30-25(31)12-17-14-29(15-17)26(32)18-6-5-7-19(13-18)28-27(33)34-16-24-22-10-3-1-8-20(22)21-9-2-4-11-23(21)24/h1-4,8-11,17-19,24H,5-7,12-16H2,(H,28,33)(H,30,31)/t18-,19+/m0/s1. The second kappa shape index (κ2) is 9.49. The van der Waals surface area contributed by atoms with Gasteiger partial charge < -0.3 is 20.1 Å². The Morgan fingerprint density at radius 3 is 2.26 bits per heavy atom. The molecule has 2 aliphatic carbocycles. The molecule has 0 spiro atoms. The molecule has 2 atom stereocenters. The van der Waals surface area contributed by atoms with E-state index < -0.39 is 12.1 Å². The van der Waals surface area contributed by atoms with Crippen molar-refractivity contribution in [2.24, 2.45) is 11.8 Å². The first-order valence-electron chi connectivity index (χ1n) is 12.1. The van der Waals surface area contributed by atoms with Crippen LogP contribution in [0.4, 0.5) is 4.79 Å². The zero-order valence-electron chi connectivity index (χ0n) is 19.1. The lowest BCUT2D eigenvalue weighted by molar-refractivity contribution is -0.148. The maximum Gasteiger partial charge on any atom is 0.407 e. The number of nitrogens with zero attached hydrogens (tertiary/aromatic N) is 1. The molecule has 7 nitrogen and oxygen atoms in total. The lowest BCUT2D eigenvalue weighted by Crippen LogP contribution is -2.53. The monoisotopic (exact) mass is 462 g/mol. The summed E-state index contributed by atoms with van der Waals surface area (Å²) in [6.45, 7) is 1.31. The number of ether oxygens (including phenoxy) is 1. The molecule has 178 valence electrons. The first-order valence-corrected chi connectivity index (χ1v) is 12.1. The summed E-state index contributed by atoms with van der Waals surface area (Å²) in [5, 5.41) is 11.9. The Bertz CT molecular complexity index is 1050. The van der Waals surface area contributed by atoms with Crippen LogP contribution in [0, 0.1) is 11.8 Å². The van der Waals surface area contributed by atoms with Crippen molar-refractivity contribution in [3.05, 3.63) is 59.7 Å². The molecule has 1 heterocycles.